The van der Waals surface area contributed by atoms with Crippen LogP contribution in [0.4, 0.5) is 5.13 Å². The molecule has 168 valence electrons. The second-order valence-electron chi connectivity index (χ2n) is 7.69. The molecule has 7 heteroatoms. The number of halogens is 1. The van der Waals surface area contributed by atoms with Crippen molar-refractivity contribution in [1.29, 1.82) is 0 Å². The maximum Gasteiger partial charge on any atom is 0.260 e. The Morgan fingerprint density at radius 2 is 1.68 bits per heavy atom. The fraction of sp³-hybridized carbons (Fsp3) is 0.0741. The highest BCUT2D eigenvalue weighted by atomic mass is 35.5. The molecule has 0 fully saturated rings. The van der Waals surface area contributed by atoms with Crippen LogP contribution in [-0.4, -0.2) is 15.9 Å². The highest BCUT2D eigenvalue weighted by Crippen LogP contribution is 2.36. The quantitative estimate of drug-likeness (QED) is 0.253. The number of hydrogen-bond donors (Lipinski definition) is 0. The number of thiazole rings is 1. The summed E-state index contributed by atoms with van der Waals surface area (Å²) in [5.41, 5.74) is 3.10. The second-order valence-corrected chi connectivity index (χ2v) is 9.08. The van der Waals surface area contributed by atoms with Gasteiger partial charge in [-0.3, -0.25) is 14.7 Å². The summed E-state index contributed by atoms with van der Waals surface area (Å²) in [7, 11) is 0. The number of aromatic nitrogens is 2. The monoisotopic (exact) mass is 485 g/mol. The van der Waals surface area contributed by atoms with Crippen LogP contribution in [0.25, 0.3) is 10.2 Å². The van der Waals surface area contributed by atoms with Crippen molar-refractivity contribution >= 4 is 44.2 Å². The molecule has 0 radical (unpaired) electrons. The average Bonchev–Trinajstić information content (AvgIpc) is 3.33. The first-order chi connectivity index (χ1) is 16.6. The number of carbonyl (C=O) groups is 1. The molecule has 2 aromatic heterocycles. The summed E-state index contributed by atoms with van der Waals surface area (Å²) in [5, 5.41) is 1.20. The van der Waals surface area contributed by atoms with Crippen LogP contribution >= 0.6 is 22.9 Å². The Kier molecular flexibility index (Phi) is 6.25. The van der Waals surface area contributed by atoms with Gasteiger partial charge in [0, 0.05) is 11.8 Å². The van der Waals surface area contributed by atoms with Crippen LogP contribution in [0.1, 0.15) is 21.6 Å². The minimum absolute atomic E-state index is 0.176. The molecule has 2 heterocycles. The highest BCUT2D eigenvalue weighted by Gasteiger charge is 2.23. The lowest BCUT2D eigenvalue weighted by atomic mass is 10.2. The number of aryl methyl sites for hydroxylation is 1. The van der Waals surface area contributed by atoms with Crippen molar-refractivity contribution in [1.82, 2.24) is 9.97 Å². The molecule has 0 aliphatic carbocycles. The minimum Gasteiger partial charge on any atom is -0.457 e. The number of hydrogen-bond acceptors (Lipinski definition) is 5. The van der Waals surface area contributed by atoms with Crippen molar-refractivity contribution in [2.24, 2.45) is 0 Å². The van der Waals surface area contributed by atoms with Gasteiger partial charge in [-0.25, -0.2) is 4.98 Å². The smallest absolute Gasteiger partial charge is 0.260 e. The minimum atomic E-state index is -0.176. The van der Waals surface area contributed by atoms with Gasteiger partial charge in [0.1, 0.15) is 11.5 Å². The second kappa shape index (κ2) is 9.63. The van der Waals surface area contributed by atoms with E-state index >= 15 is 0 Å². The van der Waals surface area contributed by atoms with Gasteiger partial charge in [-0.05, 0) is 67.1 Å². The Bertz CT molecular complexity index is 1400. The summed E-state index contributed by atoms with van der Waals surface area (Å²) in [5.74, 6) is 1.21. The molecule has 0 N–H and O–H groups in total. The molecule has 0 atom stereocenters. The van der Waals surface area contributed by atoms with Crippen molar-refractivity contribution in [3.63, 3.8) is 0 Å². The Hall–Kier alpha value is -3.74. The van der Waals surface area contributed by atoms with E-state index in [4.69, 9.17) is 21.3 Å². The zero-order valence-corrected chi connectivity index (χ0v) is 19.9. The third kappa shape index (κ3) is 4.64. The van der Waals surface area contributed by atoms with E-state index < -0.39 is 0 Å². The number of benzene rings is 3. The number of amides is 1. The molecule has 5 rings (SSSR count). The third-order valence-electron chi connectivity index (χ3n) is 5.29. The Morgan fingerprint density at radius 3 is 2.38 bits per heavy atom. The predicted molar refractivity (Wildman–Crippen MR) is 137 cm³/mol. The molecule has 5 aromatic rings. The van der Waals surface area contributed by atoms with E-state index in [0.29, 0.717) is 28.0 Å². The zero-order valence-electron chi connectivity index (χ0n) is 18.3. The average molecular weight is 486 g/mol. The Labute approximate surface area is 206 Å². The van der Waals surface area contributed by atoms with E-state index in [0.717, 1.165) is 27.2 Å². The lowest BCUT2D eigenvalue weighted by molar-refractivity contribution is 0.0985. The van der Waals surface area contributed by atoms with E-state index in [1.807, 2.05) is 67.6 Å². The topological polar surface area (TPSA) is 55.3 Å². The molecule has 0 spiro atoms. The molecular formula is C27H20ClN3O2S. The van der Waals surface area contributed by atoms with Crippen molar-refractivity contribution in [3.8, 4) is 11.5 Å². The van der Waals surface area contributed by atoms with E-state index in [1.165, 1.54) is 11.3 Å². The lowest BCUT2D eigenvalue weighted by Gasteiger charge is -2.20. The van der Waals surface area contributed by atoms with Gasteiger partial charge >= 0.3 is 0 Å². The van der Waals surface area contributed by atoms with Gasteiger partial charge < -0.3 is 4.74 Å². The molecule has 0 saturated heterocycles. The van der Waals surface area contributed by atoms with E-state index in [1.54, 1.807) is 35.4 Å². The van der Waals surface area contributed by atoms with Gasteiger partial charge in [-0.1, -0.05) is 53.3 Å². The van der Waals surface area contributed by atoms with Crippen LogP contribution in [0.3, 0.4) is 0 Å². The first kappa shape index (κ1) is 22.1. The molecule has 3 aromatic carbocycles. The van der Waals surface area contributed by atoms with E-state index in [-0.39, 0.29) is 5.91 Å². The van der Waals surface area contributed by atoms with Crippen LogP contribution in [0.5, 0.6) is 11.5 Å². The van der Waals surface area contributed by atoms with Crippen molar-refractivity contribution in [2.75, 3.05) is 4.90 Å². The first-order valence-electron chi connectivity index (χ1n) is 10.7. The molecule has 1 amide bonds. The van der Waals surface area contributed by atoms with Crippen LogP contribution in [0.15, 0.2) is 91.1 Å². The third-order valence-corrected chi connectivity index (χ3v) is 6.83. The molecule has 0 unspecified atom stereocenters. The van der Waals surface area contributed by atoms with Crippen LogP contribution < -0.4 is 9.64 Å². The molecule has 0 aliphatic heterocycles. The number of fused-ring (bicyclic) bond motifs is 1. The summed E-state index contributed by atoms with van der Waals surface area (Å²) >= 11 is 7.83. The lowest BCUT2D eigenvalue weighted by Crippen LogP contribution is -2.30. The van der Waals surface area contributed by atoms with Crippen molar-refractivity contribution < 1.29 is 9.53 Å². The number of rotatable bonds is 6. The SMILES string of the molecule is Cc1ccc(Cl)c2sc(N(Cc3ccccn3)C(=O)c3ccc(Oc4ccccc4)cc3)nc12. The van der Waals surface area contributed by atoms with Crippen molar-refractivity contribution in [2.45, 2.75) is 13.5 Å². The van der Waals surface area contributed by atoms with Crippen molar-refractivity contribution in [3.05, 3.63) is 113 Å². The fourth-order valence-corrected chi connectivity index (χ4v) is 4.85. The van der Waals surface area contributed by atoms with Gasteiger partial charge in [0.2, 0.25) is 0 Å². The van der Waals surface area contributed by atoms with Crippen LogP contribution in [0, 0.1) is 6.92 Å². The summed E-state index contributed by atoms with van der Waals surface area (Å²) in [4.78, 5) is 24.5. The largest absolute Gasteiger partial charge is 0.457 e. The van der Waals surface area contributed by atoms with Gasteiger partial charge in [-0.15, -0.1) is 0 Å². The summed E-state index contributed by atoms with van der Waals surface area (Å²) in [6.45, 7) is 2.27. The molecular weight excluding hydrogens is 466 g/mol. The van der Waals surface area contributed by atoms with Gasteiger partial charge in [0.15, 0.2) is 5.13 Å². The van der Waals surface area contributed by atoms with Gasteiger partial charge in [-0.2, -0.15) is 0 Å². The van der Waals surface area contributed by atoms with Crippen LogP contribution in [-0.2, 0) is 6.54 Å². The maximum atomic E-state index is 13.7. The van der Waals surface area contributed by atoms with E-state index in [9.17, 15) is 4.79 Å². The number of pyridine rings is 1. The van der Waals surface area contributed by atoms with Gasteiger partial charge in [0.05, 0.1) is 27.5 Å². The van der Waals surface area contributed by atoms with Crippen LogP contribution in [0.2, 0.25) is 5.02 Å². The number of nitrogens with zero attached hydrogens (tertiary/aromatic N) is 3. The molecule has 5 nitrogen and oxygen atoms in total. The Balaban J connectivity index is 1.48. The van der Waals surface area contributed by atoms with E-state index in [2.05, 4.69) is 4.98 Å². The maximum absolute atomic E-state index is 13.7. The highest BCUT2D eigenvalue weighted by molar-refractivity contribution is 7.23. The molecule has 0 aliphatic rings. The number of ether oxygens (including phenoxy) is 1. The molecule has 34 heavy (non-hydrogen) atoms. The normalized spacial score (nSPS) is 10.9. The fourth-order valence-electron chi connectivity index (χ4n) is 3.53. The van der Waals surface area contributed by atoms with Gasteiger partial charge in [0.25, 0.3) is 5.91 Å². The predicted octanol–water partition coefficient (Wildman–Crippen LogP) is 7.29. The molecule has 0 bridgehead atoms. The number of carbonyl (C=O) groups excluding carboxylic acids is 1. The zero-order chi connectivity index (χ0) is 23.5. The summed E-state index contributed by atoms with van der Waals surface area (Å²) in [6, 6.07) is 26.1. The first-order valence-corrected chi connectivity index (χ1v) is 11.9. The standard InChI is InChI=1S/C27H20ClN3O2S/c1-18-10-15-23(28)25-24(18)30-27(34-25)31(17-20-7-5-6-16-29-20)26(32)19-11-13-22(14-12-19)33-21-8-3-2-4-9-21/h2-16H,17H2,1H3. The number of anilines is 1. The Morgan fingerprint density at radius 1 is 0.941 bits per heavy atom. The number of para-hydroxylation sites is 1. The summed E-state index contributed by atoms with van der Waals surface area (Å²) < 4.78 is 6.72. The molecule has 0 saturated carbocycles. The summed E-state index contributed by atoms with van der Waals surface area (Å²) in [6.07, 6.45) is 1.72.